The number of aromatic amines is 1. The number of H-pyrrole nitrogens is 1. The number of hydrogen-bond acceptors (Lipinski definition) is 5. The molecule has 0 saturated heterocycles. The minimum absolute atomic E-state index is 0.283. The quantitative estimate of drug-likeness (QED) is 0.644. The molecule has 21 heavy (non-hydrogen) atoms. The lowest BCUT2D eigenvalue weighted by Crippen LogP contribution is -1.97. The lowest BCUT2D eigenvalue weighted by atomic mass is 10.3. The van der Waals surface area contributed by atoms with Crippen LogP contribution in [0.5, 0.6) is 0 Å². The van der Waals surface area contributed by atoms with Crippen LogP contribution in [0.3, 0.4) is 0 Å². The molecule has 0 fully saturated rings. The highest BCUT2D eigenvalue weighted by molar-refractivity contribution is 7.90. The molecule has 0 aliphatic heterocycles. The molecule has 0 amide bonds. The third-order valence-corrected chi connectivity index (χ3v) is 4.18. The Morgan fingerprint density at radius 2 is 1.86 bits per heavy atom. The third kappa shape index (κ3) is 2.82. The summed E-state index contributed by atoms with van der Waals surface area (Å²) in [6.07, 6.45) is 1.18. The van der Waals surface area contributed by atoms with Gasteiger partial charge in [-0.2, -0.15) is 0 Å². The van der Waals surface area contributed by atoms with Gasteiger partial charge < -0.3 is 16.0 Å². The Bertz CT molecular complexity index is 898. The second kappa shape index (κ2) is 4.78. The zero-order valence-electron chi connectivity index (χ0n) is 11.3. The molecular weight excluding hydrogens is 288 g/mol. The number of sulfone groups is 1. The molecule has 0 atom stereocenters. The van der Waals surface area contributed by atoms with Crippen molar-refractivity contribution in [2.24, 2.45) is 0 Å². The number of nitrogens with two attached hydrogens (primary N) is 1. The maximum absolute atomic E-state index is 11.4. The SMILES string of the molecule is CS(=O)(=O)c1ccc(Nc2nc3ccc(N)cc3[nH]2)cc1. The molecule has 1 aromatic heterocycles. The number of aromatic nitrogens is 2. The predicted molar refractivity (Wildman–Crippen MR) is 83.3 cm³/mol. The molecule has 3 rings (SSSR count). The largest absolute Gasteiger partial charge is 0.399 e. The van der Waals surface area contributed by atoms with Gasteiger partial charge in [0.25, 0.3) is 0 Å². The second-order valence-electron chi connectivity index (χ2n) is 4.78. The van der Waals surface area contributed by atoms with Gasteiger partial charge in [-0.15, -0.1) is 0 Å². The zero-order chi connectivity index (χ0) is 15.0. The minimum Gasteiger partial charge on any atom is -0.399 e. The van der Waals surface area contributed by atoms with Crippen molar-refractivity contribution in [3.8, 4) is 0 Å². The molecule has 108 valence electrons. The standard InChI is InChI=1S/C14H14N4O2S/c1-21(19,20)11-5-3-10(4-6-11)16-14-17-12-7-2-9(15)8-13(12)18-14/h2-8H,15H2,1H3,(H2,16,17,18). The van der Waals surface area contributed by atoms with Crippen molar-refractivity contribution in [1.82, 2.24) is 9.97 Å². The number of rotatable bonds is 3. The van der Waals surface area contributed by atoms with Crippen molar-refractivity contribution in [3.05, 3.63) is 42.5 Å². The first kappa shape index (κ1) is 13.4. The van der Waals surface area contributed by atoms with Crippen molar-refractivity contribution in [2.75, 3.05) is 17.3 Å². The smallest absolute Gasteiger partial charge is 0.205 e. The predicted octanol–water partition coefficient (Wildman–Crippen LogP) is 2.29. The Kier molecular flexibility index (Phi) is 3.06. The molecule has 7 heteroatoms. The van der Waals surface area contributed by atoms with Crippen LogP contribution < -0.4 is 11.1 Å². The van der Waals surface area contributed by atoms with E-state index in [1.807, 2.05) is 6.07 Å². The first-order chi connectivity index (χ1) is 9.91. The van der Waals surface area contributed by atoms with Crippen LogP contribution >= 0.6 is 0 Å². The molecule has 0 aliphatic rings. The number of nitrogens with one attached hydrogen (secondary N) is 2. The van der Waals surface area contributed by atoms with Crippen LogP contribution in [-0.4, -0.2) is 24.6 Å². The maximum Gasteiger partial charge on any atom is 0.205 e. The molecule has 0 saturated carbocycles. The second-order valence-corrected chi connectivity index (χ2v) is 6.80. The Balaban J connectivity index is 1.88. The van der Waals surface area contributed by atoms with E-state index >= 15 is 0 Å². The van der Waals surface area contributed by atoms with Crippen LogP contribution in [0.4, 0.5) is 17.3 Å². The number of benzene rings is 2. The molecule has 2 aromatic carbocycles. The van der Waals surface area contributed by atoms with Gasteiger partial charge in [-0.1, -0.05) is 0 Å². The van der Waals surface area contributed by atoms with Crippen LogP contribution in [-0.2, 0) is 9.84 Å². The fourth-order valence-electron chi connectivity index (χ4n) is 2.01. The molecule has 4 N–H and O–H groups in total. The first-order valence-electron chi connectivity index (χ1n) is 6.24. The summed E-state index contributed by atoms with van der Waals surface area (Å²) in [7, 11) is -3.18. The Hall–Kier alpha value is -2.54. The van der Waals surface area contributed by atoms with E-state index in [4.69, 9.17) is 5.73 Å². The summed E-state index contributed by atoms with van der Waals surface area (Å²) in [5, 5.41) is 3.09. The van der Waals surface area contributed by atoms with E-state index in [0.717, 1.165) is 16.7 Å². The van der Waals surface area contributed by atoms with Gasteiger partial charge in [0.05, 0.1) is 15.9 Å². The summed E-state index contributed by atoms with van der Waals surface area (Å²) in [6, 6.07) is 11.9. The highest BCUT2D eigenvalue weighted by atomic mass is 32.2. The molecule has 0 spiro atoms. The monoisotopic (exact) mass is 302 g/mol. The lowest BCUT2D eigenvalue weighted by molar-refractivity contribution is 0.602. The van der Waals surface area contributed by atoms with Crippen molar-refractivity contribution in [1.29, 1.82) is 0 Å². The summed E-state index contributed by atoms with van der Waals surface area (Å²) in [5.41, 5.74) is 8.77. The molecule has 0 bridgehead atoms. The zero-order valence-corrected chi connectivity index (χ0v) is 12.1. The van der Waals surface area contributed by atoms with Gasteiger partial charge >= 0.3 is 0 Å². The van der Waals surface area contributed by atoms with Crippen molar-refractivity contribution < 1.29 is 8.42 Å². The summed E-state index contributed by atoms with van der Waals surface area (Å²) >= 11 is 0. The fraction of sp³-hybridized carbons (Fsp3) is 0.0714. The Morgan fingerprint density at radius 3 is 2.52 bits per heavy atom. The lowest BCUT2D eigenvalue weighted by Gasteiger charge is -2.03. The summed E-state index contributed by atoms with van der Waals surface area (Å²) in [4.78, 5) is 7.77. The first-order valence-corrected chi connectivity index (χ1v) is 8.13. The number of hydrogen-bond donors (Lipinski definition) is 3. The van der Waals surface area contributed by atoms with Gasteiger partial charge in [0.15, 0.2) is 9.84 Å². The third-order valence-electron chi connectivity index (χ3n) is 3.05. The van der Waals surface area contributed by atoms with E-state index < -0.39 is 9.84 Å². The average molecular weight is 302 g/mol. The molecule has 3 aromatic rings. The van der Waals surface area contributed by atoms with E-state index in [9.17, 15) is 8.42 Å². The van der Waals surface area contributed by atoms with Gasteiger partial charge in [-0.05, 0) is 42.5 Å². The van der Waals surface area contributed by atoms with E-state index in [1.165, 1.54) is 6.26 Å². The fourth-order valence-corrected chi connectivity index (χ4v) is 2.64. The van der Waals surface area contributed by atoms with Gasteiger partial charge in [0.2, 0.25) is 5.95 Å². The molecule has 0 radical (unpaired) electrons. The van der Waals surface area contributed by atoms with E-state index in [0.29, 0.717) is 11.6 Å². The summed E-state index contributed by atoms with van der Waals surface area (Å²) < 4.78 is 22.8. The van der Waals surface area contributed by atoms with Gasteiger partial charge in [-0.3, -0.25) is 0 Å². The van der Waals surface area contributed by atoms with E-state index in [1.54, 1.807) is 36.4 Å². The number of nitrogen functional groups attached to an aromatic ring is 1. The topological polar surface area (TPSA) is 101 Å². The van der Waals surface area contributed by atoms with Crippen LogP contribution in [0.15, 0.2) is 47.4 Å². The van der Waals surface area contributed by atoms with Gasteiger partial charge in [0, 0.05) is 17.6 Å². The molecule has 6 nitrogen and oxygen atoms in total. The van der Waals surface area contributed by atoms with E-state index in [-0.39, 0.29) is 4.90 Å². The van der Waals surface area contributed by atoms with Gasteiger partial charge in [-0.25, -0.2) is 13.4 Å². The minimum atomic E-state index is -3.18. The Morgan fingerprint density at radius 1 is 1.14 bits per heavy atom. The summed E-state index contributed by atoms with van der Waals surface area (Å²) in [5.74, 6) is 0.572. The van der Waals surface area contributed by atoms with Crippen molar-refractivity contribution in [2.45, 2.75) is 4.90 Å². The number of anilines is 3. The average Bonchev–Trinajstić information content (AvgIpc) is 2.79. The molecule has 0 aliphatic carbocycles. The van der Waals surface area contributed by atoms with Crippen LogP contribution in [0, 0.1) is 0 Å². The van der Waals surface area contributed by atoms with E-state index in [2.05, 4.69) is 15.3 Å². The van der Waals surface area contributed by atoms with Crippen LogP contribution in [0.1, 0.15) is 0 Å². The number of nitrogens with zero attached hydrogens (tertiary/aromatic N) is 1. The van der Waals surface area contributed by atoms with Crippen LogP contribution in [0.25, 0.3) is 11.0 Å². The Labute approximate surface area is 121 Å². The normalized spacial score (nSPS) is 11.7. The number of imidazole rings is 1. The summed E-state index contributed by atoms with van der Waals surface area (Å²) in [6.45, 7) is 0. The van der Waals surface area contributed by atoms with Crippen molar-refractivity contribution >= 4 is 38.2 Å². The highest BCUT2D eigenvalue weighted by Gasteiger charge is 2.07. The number of fused-ring (bicyclic) bond motifs is 1. The molecular formula is C14H14N4O2S. The van der Waals surface area contributed by atoms with Crippen LogP contribution in [0.2, 0.25) is 0 Å². The highest BCUT2D eigenvalue weighted by Crippen LogP contribution is 2.21. The molecule has 1 heterocycles. The van der Waals surface area contributed by atoms with Gasteiger partial charge in [0.1, 0.15) is 0 Å². The molecule has 0 unspecified atom stereocenters. The van der Waals surface area contributed by atoms with Crippen molar-refractivity contribution in [3.63, 3.8) is 0 Å². The maximum atomic E-state index is 11.4.